The normalized spacial score (nSPS) is 16.3. The molecule has 0 saturated carbocycles. The molecule has 0 bridgehead atoms. The summed E-state index contributed by atoms with van der Waals surface area (Å²) in [5, 5.41) is 18.3. The Morgan fingerprint density at radius 1 is 1.12 bits per heavy atom. The highest BCUT2D eigenvalue weighted by Crippen LogP contribution is 2.42. The van der Waals surface area contributed by atoms with Crippen LogP contribution in [0.5, 0.6) is 5.75 Å². The highest BCUT2D eigenvalue weighted by molar-refractivity contribution is 7.80. The molecular formula is C31H32N6O4S. The van der Waals surface area contributed by atoms with Gasteiger partial charge in [-0.1, -0.05) is 18.2 Å². The van der Waals surface area contributed by atoms with Gasteiger partial charge in [-0.3, -0.25) is 19.9 Å². The molecule has 0 aliphatic carbocycles. The number of nitrogens with one attached hydrogen (secondary N) is 2. The van der Waals surface area contributed by atoms with Crippen LogP contribution in [0.25, 0.3) is 5.69 Å². The molecular weight excluding hydrogens is 552 g/mol. The second kappa shape index (κ2) is 12.0. The lowest BCUT2D eigenvalue weighted by Crippen LogP contribution is -2.32. The van der Waals surface area contributed by atoms with Crippen LogP contribution in [0.15, 0.2) is 72.9 Å². The van der Waals surface area contributed by atoms with E-state index in [1.54, 1.807) is 12.3 Å². The molecule has 11 heteroatoms. The summed E-state index contributed by atoms with van der Waals surface area (Å²) in [5.74, 6) is 0.285. The molecule has 216 valence electrons. The monoisotopic (exact) mass is 584 g/mol. The third kappa shape index (κ3) is 5.68. The van der Waals surface area contributed by atoms with Gasteiger partial charge in [-0.25, -0.2) is 0 Å². The number of aryl methyl sites for hydroxylation is 2. The number of thiocarbonyl (C=S) groups is 1. The number of rotatable bonds is 9. The van der Waals surface area contributed by atoms with Crippen molar-refractivity contribution in [3.8, 4) is 11.4 Å². The summed E-state index contributed by atoms with van der Waals surface area (Å²) in [6.07, 6.45) is 1.98. The molecule has 4 aromatic rings. The van der Waals surface area contributed by atoms with Crippen molar-refractivity contribution in [3.63, 3.8) is 0 Å². The zero-order valence-corrected chi connectivity index (χ0v) is 24.6. The number of amides is 1. The summed E-state index contributed by atoms with van der Waals surface area (Å²) in [6.45, 7) is 6.35. The predicted molar refractivity (Wildman–Crippen MR) is 165 cm³/mol. The van der Waals surface area contributed by atoms with Gasteiger partial charge in [0.1, 0.15) is 5.75 Å². The number of pyridine rings is 1. The van der Waals surface area contributed by atoms with E-state index in [4.69, 9.17) is 17.0 Å². The van der Waals surface area contributed by atoms with Crippen molar-refractivity contribution in [2.24, 2.45) is 0 Å². The summed E-state index contributed by atoms with van der Waals surface area (Å²) in [6, 6.07) is 19.6. The van der Waals surface area contributed by atoms with Gasteiger partial charge >= 0.3 is 0 Å². The third-order valence-electron chi connectivity index (χ3n) is 7.48. The van der Waals surface area contributed by atoms with Gasteiger partial charge in [0, 0.05) is 42.3 Å². The average molecular weight is 585 g/mol. The zero-order valence-electron chi connectivity index (χ0n) is 23.8. The Morgan fingerprint density at radius 3 is 2.62 bits per heavy atom. The fraction of sp³-hybridized carbons (Fsp3) is 0.258. The Morgan fingerprint density at radius 2 is 1.93 bits per heavy atom. The van der Waals surface area contributed by atoms with Crippen LogP contribution in [-0.2, 0) is 4.79 Å². The summed E-state index contributed by atoms with van der Waals surface area (Å²) >= 11 is 5.81. The molecule has 42 heavy (non-hydrogen) atoms. The molecule has 1 fully saturated rings. The van der Waals surface area contributed by atoms with Crippen molar-refractivity contribution < 1.29 is 14.5 Å². The van der Waals surface area contributed by atoms with Crippen LogP contribution in [0, 0.1) is 30.9 Å². The molecule has 5 rings (SSSR count). The number of non-ortho nitro benzene ring substituents is 1. The number of ether oxygens (including phenoxy) is 1. The van der Waals surface area contributed by atoms with Crippen molar-refractivity contribution in [1.29, 1.82) is 0 Å². The van der Waals surface area contributed by atoms with E-state index in [2.05, 4.69) is 21.7 Å². The predicted octanol–water partition coefficient (Wildman–Crippen LogP) is 5.72. The maximum absolute atomic E-state index is 13.0. The van der Waals surface area contributed by atoms with Gasteiger partial charge in [0.2, 0.25) is 5.91 Å². The molecule has 0 radical (unpaired) electrons. The van der Waals surface area contributed by atoms with Gasteiger partial charge in [-0.2, -0.15) is 0 Å². The fourth-order valence-electron chi connectivity index (χ4n) is 5.58. The third-order valence-corrected chi connectivity index (χ3v) is 7.84. The first-order valence-electron chi connectivity index (χ1n) is 13.5. The van der Waals surface area contributed by atoms with Crippen molar-refractivity contribution >= 4 is 34.6 Å². The molecule has 2 N–H and O–H groups in total. The quantitative estimate of drug-likeness (QED) is 0.146. The van der Waals surface area contributed by atoms with E-state index in [1.807, 2.05) is 72.7 Å². The molecule has 2 aromatic heterocycles. The first-order chi connectivity index (χ1) is 20.2. The highest BCUT2D eigenvalue weighted by atomic mass is 32.1. The van der Waals surface area contributed by atoms with Crippen molar-refractivity contribution in [2.45, 2.75) is 39.3 Å². The summed E-state index contributed by atoms with van der Waals surface area (Å²) < 4.78 is 7.59. The van der Waals surface area contributed by atoms with Crippen LogP contribution in [0.1, 0.15) is 46.7 Å². The molecule has 2 aromatic carbocycles. The average Bonchev–Trinajstić information content (AvgIpc) is 3.45. The van der Waals surface area contributed by atoms with Gasteiger partial charge in [0.25, 0.3) is 5.69 Å². The first-order valence-corrected chi connectivity index (χ1v) is 13.9. The largest absolute Gasteiger partial charge is 0.494 e. The molecule has 0 unspecified atom stereocenters. The van der Waals surface area contributed by atoms with Crippen LogP contribution in [0.4, 0.5) is 11.4 Å². The molecule has 1 amide bonds. The topological polar surface area (TPSA) is 115 Å². The summed E-state index contributed by atoms with van der Waals surface area (Å²) in [4.78, 5) is 30.6. The van der Waals surface area contributed by atoms with Gasteiger partial charge in [-0.15, -0.1) is 0 Å². The van der Waals surface area contributed by atoms with E-state index in [0.717, 1.165) is 33.9 Å². The Labute approximate surface area is 249 Å². The number of aromatic nitrogens is 2. The number of carbonyl (C=O) groups excluding carboxylic acids is 1. The molecule has 0 spiro atoms. The summed E-state index contributed by atoms with van der Waals surface area (Å²) in [7, 11) is 1.50. The Bertz CT molecular complexity index is 1650. The van der Waals surface area contributed by atoms with Gasteiger partial charge < -0.3 is 24.8 Å². The number of hydrogen-bond acceptors (Lipinski definition) is 6. The lowest BCUT2D eigenvalue weighted by atomic mass is 9.96. The zero-order chi connectivity index (χ0) is 30.0. The van der Waals surface area contributed by atoms with E-state index >= 15 is 0 Å². The lowest BCUT2D eigenvalue weighted by Gasteiger charge is -2.28. The van der Waals surface area contributed by atoms with Crippen LogP contribution >= 0.6 is 12.2 Å². The summed E-state index contributed by atoms with van der Waals surface area (Å²) in [5.41, 5.74) is 6.13. The fourth-order valence-corrected chi connectivity index (χ4v) is 5.91. The first kappa shape index (κ1) is 28.7. The Hall–Kier alpha value is -4.77. The molecule has 10 nitrogen and oxygen atoms in total. The van der Waals surface area contributed by atoms with E-state index in [-0.39, 0.29) is 30.1 Å². The van der Waals surface area contributed by atoms with Gasteiger partial charge in [0.15, 0.2) is 5.11 Å². The maximum Gasteiger partial charge on any atom is 0.273 e. The van der Waals surface area contributed by atoms with Crippen LogP contribution < -0.4 is 15.4 Å². The van der Waals surface area contributed by atoms with E-state index in [1.165, 1.54) is 19.2 Å². The number of benzene rings is 2. The van der Waals surface area contributed by atoms with E-state index < -0.39 is 4.92 Å². The maximum atomic E-state index is 13.0. The second-order valence-corrected chi connectivity index (χ2v) is 10.6. The number of anilines is 1. The molecule has 1 aliphatic heterocycles. The number of methoxy groups -OCH3 is 1. The van der Waals surface area contributed by atoms with Crippen LogP contribution in [-0.4, -0.2) is 44.0 Å². The number of hydrogen-bond donors (Lipinski definition) is 2. The lowest BCUT2D eigenvalue weighted by molar-refractivity contribution is -0.384. The SMILES string of the molecule is COc1cc([N+](=O)[O-])ccc1-n1c(C)cc([C@H]2[C@@H](c3ccccn3)NC(=S)N2CCC(=O)Nc2cccc(C)c2)c1C. The number of nitro benzene ring substituents is 1. The van der Waals surface area contributed by atoms with Gasteiger partial charge in [0.05, 0.1) is 41.6 Å². The van der Waals surface area contributed by atoms with Crippen molar-refractivity contribution in [2.75, 3.05) is 19.0 Å². The minimum atomic E-state index is -0.442. The number of nitro groups is 1. The minimum absolute atomic E-state index is 0.0473. The second-order valence-electron chi connectivity index (χ2n) is 10.3. The van der Waals surface area contributed by atoms with Gasteiger partial charge in [-0.05, 0) is 80.5 Å². The number of nitrogens with zero attached hydrogens (tertiary/aromatic N) is 4. The highest BCUT2D eigenvalue weighted by Gasteiger charge is 2.41. The molecule has 3 heterocycles. The van der Waals surface area contributed by atoms with Crippen molar-refractivity contribution in [1.82, 2.24) is 19.8 Å². The van der Waals surface area contributed by atoms with Crippen molar-refractivity contribution in [3.05, 3.63) is 111 Å². The minimum Gasteiger partial charge on any atom is -0.494 e. The standard InChI is InChI=1S/C31H32N6O4S/c1-19-8-7-9-22(16-19)33-28(38)13-15-35-30(29(34-31(35)42)25-10-5-6-14-32-25)24-17-20(2)36(21(24)3)26-12-11-23(37(39)40)18-27(26)41-4/h5-12,14,16-18,29-30H,13,15H2,1-4H3,(H,33,38)(H,34,42)/t29-,30+/m1/s1. The smallest absolute Gasteiger partial charge is 0.273 e. The molecule has 1 aliphatic rings. The number of carbonyl (C=O) groups is 1. The molecule has 1 saturated heterocycles. The van der Waals surface area contributed by atoms with E-state index in [9.17, 15) is 14.9 Å². The Kier molecular flexibility index (Phi) is 8.21. The van der Waals surface area contributed by atoms with E-state index in [0.29, 0.717) is 23.1 Å². The van der Waals surface area contributed by atoms with Crippen LogP contribution in [0.3, 0.4) is 0 Å². The van der Waals surface area contributed by atoms with Crippen LogP contribution in [0.2, 0.25) is 0 Å². The molecule has 2 atom stereocenters. The Balaban J connectivity index is 1.50.